The Morgan fingerprint density at radius 2 is 0.604 bits per heavy atom. The van der Waals surface area contributed by atoms with Gasteiger partial charge in [-0.25, -0.2) is 4.57 Å². The first-order valence-electron chi connectivity index (χ1n) is 38.0. The second kappa shape index (κ2) is 75.4. The lowest BCUT2D eigenvalue weighted by Gasteiger charge is -2.19. The highest BCUT2D eigenvalue weighted by molar-refractivity contribution is 7.47. The maximum Gasteiger partial charge on any atom is 0.472 e. The minimum atomic E-state index is -4.40. The fourth-order valence-electron chi connectivity index (χ4n) is 10.7. The topological polar surface area (TPSA) is 134 Å². The van der Waals surface area contributed by atoms with Gasteiger partial charge in [-0.15, -0.1) is 0 Å². The number of carbonyl (C=O) groups excluding carboxylic acids is 2. The quantitative estimate of drug-likeness (QED) is 0.0264. The number of ether oxygens (including phenoxy) is 2. The number of phosphoric ester groups is 1. The third-order valence-electron chi connectivity index (χ3n) is 16.3. The Hall–Kier alpha value is -3.59. The highest BCUT2D eigenvalue weighted by atomic mass is 31.2. The van der Waals surface area contributed by atoms with Crippen LogP contribution in [-0.2, 0) is 32.7 Å². The van der Waals surface area contributed by atoms with Gasteiger partial charge in [-0.3, -0.25) is 18.6 Å². The summed E-state index contributed by atoms with van der Waals surface area (Å²) >= 11 is 0. The number of hydrogen-bond donors (Lipinski definition) is 2. The second-order valence-electron chi connectivity index (χ2n) is 25.1. The van der Waals surface area contributed by atoms with Gasteiger partial charge in [0.15, 0.2) is 6.10 Å². The molecule has 0 saturated heterocycles. The number of allylic oxidation sites excluding steroid dienone is 20. The fraction of sp³-hybridized carbons (Fsp3) is 0.728. The van der Waals surface area contributed by atoms with Gasteiger partial charge >= 0.3 is 19.8 Å². The molecule has 0 spiro atoms. The van der Waals surface area contributed by atoms with Crippen molar-refractivity contribution in [2.75, 3.05) is 26.4 Å². The average Bonchev–Trinajstić information content (AvgIpc) is 3.68. The van der Waals surface area contributed by atoms with E-state index in [1.165, 1.54) is 212 Å². The van der Waals surface area contributed by atoms with E-state index in [1.54, 1.807) is 0 Å². The number of nitrogens with two attached hydrogens (primary N) is 1. The predicted molar refractivity (Wildman–Crippen MR) is 394 cm³/mol. The van der Waals surface area contributed by atoms with Crippen LogP contribution in [0.2, 0.25) is 0 Å². The monoisotopic (exact) mass is 1290 g/mol. The van der Waals surface area contributed by atoms with E-state index < -0.39 is 26.5 Å². The summed E-state index contributed by atoms with van der Waals surface area (Å²) in [5, 5.41) is 0. The van der Waals surface area contributed by atoms with Gasteiger partial charge in [0, 0.05) is 19.4 Å². The summed E-state index contributed by atoms with van der Waals surface area (Å²) in [4.78, 5) is 35.4. The van der Waals surface area contributed by atoms with E-state index in [2.05, 4.69) is 135 Å². The molecule has 524 valence electrons. The maximum atomic E-state index is 12.8. The Balaban J connectivity index is 3.86. The molecule has 0 aliphatic rings. The molecule has 0 aliphatic carbocycles. The SMILES string of the molecule is CC/C=C\C/C=C\C/C=C\C/C=C\C/C=C\C/C=C\C/C=C\C/C=C\CCCCCCCCCCCCC(=O)OC(COC(=O)CCCCCCCCCCCCCCCCCCCCCCCCC/C=C\C/C=C\CCCCCCC)COP(=O)(O)OCCN. The highest BCUT2D eigenvalue weighted by Gasteiger charge is 2.26. The van der Waals surface area contributed by atoms with Crippen molar-refractivity contribution in [2.24, 2.45) is 5.73 Å². The lowest BCUT2D eigenvalue weighted by Crippen LogP contribution is -2.29. The van der Waals surface area contributed by atoms with Gasteiger partial charge in [0.2, 0.25) is 0 Å². The number of carbonyl (C=O) groups is 2. The molecule has 0 fully saturated rings. The number of rotatable bonds is 71. The Labute approximate surface area is 561 Å². The Morgan fingerprint density at radius 3 is 0.901 bits per heavy atom. The molecule has 0 rings (SSSR count). The van der Waals surface area contributed by atoms with Crippen molar-refractivity contribution in [3.05, 3.63) is 122 Å². The predicted octanol–water partition coefficient (Wildman–Crippen LogP) is 25.4. The number of hydrogen-bond acceptors (Lipinski definition) is 8. The van der Waals surface area contributed by atoms with Gasteiger partial charge in [-0.05, 0) is 109 Å². The third kappa shape index (κ3) is 75.3. The molecule has 0 aromatic carbocycles. The van der Waals surface area contributed by atoms with Gasteiger partial charge in [-0.1, -0.05) is 347 Å². The first-order chi connectivity index (χ1) is 44.8. The molecule has 9 nitrogen and oxygen atoms in total. The third-order valence-corrected chi connectivity index (χ3v) is 17.3. The molecule has 10 heteroatoms. The molecule has 0 bridgehead atoms. The molecule has 0 saturated carbocycles. The van der Waals surface area contributed by atoms with Crippen molar-refractivity contribution >= 4 is 19.8 Å². The Bertz CT molecular complexity index is 1910. The van der Waals surface area contributed by atoms with E-state index in [-0.39, 0.29) is 38.6 Å². The van der Waals surface area contributed by atoms with Crippen LogP contribution < -0.4 is 5.73 Å². The van der Waals surface area contributed by atoms with Crippen molar-refractivity contribution in [1.29, 1.82) is 0 Å². The minimum absolute atomic E-state index is 0.0492. The molecular formula is C81H142NO8P. The fourth-order valence-corrected chi connectivity index (χ4v) is 11.5. The van der Waals surface area contributed by atoms with Crippen LogP contribution in [0.4, 0.5) is 0 Å². The molecule has 3 N–H and O–H groups in total. The lowest BCUT2D eigenvalue weighted by molar-refractivity contribution is -0.161. The maximum absolute atomic E-state index is 12.8. The van der Waals surface area contributed by atoms with Crippen molar-refractivity contribution in [2.45, 2.75) is 354 Å². The minimum Gasteiger partial charge on any atom is -0.462 e. The zero-order chi connectivity index (χ0) is 65.8. The van der Waals surface area contributed by atoms with Crippen LogP contribution in [0, 0.1) is 0 Å². The van der Waals surface area contributed by atoms with Crippen molar-refractivity contribution in [1.82, 2.24) is 0 Å². The van der Waals surface area contributed by atoms with Crippen LogP contribution in [0.3, 0.4) is 0 Å². The van der Waals surface area contributed by atoms with Crippen molar-refractivity contribution < 1.29 is 37.6 Å². The van der Waals surface area contributed by atoms with Crippen LogP contribution in [0.15, 0.2) is 122 Å². The molecule has 0 aromatic heterocycles. The lowest BCUT2D eigenvalue weighted by atomic mass is 10.0. The van der Waals surface area contributed by atoms with E-state index in [9.17, 15) is 19.0 Å². The molecule has 2 unspecified atom stereocenters. The van der Waals surface area contributed by atoms with Crippen LogP contribution in [-0.4, -0.2) is 49.3 Å². The average molecular weight is 1290 g/mol. The first-order valence-corrected chi connectivity index (χ1v) is 39.5. The summed E-state index contributed by atoms with van der Waals surface area (Å²) in [5.41, 5.74) is 5.41. The smallest absolute Gasteiger partial charge is 0.462 e. The van der Waals surface area contributed by atoms with Crippen LogP contribution in [0.1, 0.15) is 348 Å². The number of phosphoric acid groups is 1. The molecule has 2 atom stereocenters. The molecule has 91 heavy (non-hydrogen) atoms. The number of esters is 2. The van der Waals surface area contributed by atoms with Gasteiger partial charge in [0.25, 0.3) is 0 Å². The van der Waals surface area contributed by atoms with E-state index in [4.69, 9.17) is 24.3 Å². The van der Waals surface area contributed by atoms with E-state index >= 15 is 0 Å². The molecular weight excluding hydrogens is 1150 g/mol. The molecule has 0 heterocycles. The van der Waals surface area contributed by atoms with Gasteiger partial charge < -0.3 is 20.1 Å². The number of unbranched alkanes of at least 4 members (excludes halogenated alkanes) is 38. The Morgan fingerprint density at radius 1 is 0.341 bits per heavy atom. The summed E-state index contributed by atoms with van der Waals surface area (Å²) in [6.07, 6.45) is 106. The summed E-state index contributed by atoms with van der Waals surface area (Å²) in [7, 11) is -4.40. The zero-order valence-electron chi connectivity index (χ0n) is 59.1. The summed E-state index contributed by atoms with van der Waals surface area (Å²) in [6, 6.07) is 0. The molecule has 0 aromatic rings. The van der Waals surface area contributed by atoms with E-state index in [1.807, 2.05) is 0 Å². The second-order valence-corrected chi connectivity index (χ2v) is 26.6. The Kier molecular flexibility index (Phi) is 72.5. The van der Waals surface area contributed by atoms with Crippen LogP contribution in [0.25, 0.3) is 0 Å². The van der Waals surface area contributed by atoms with E-state index in [0.29, 0.717) is 6.42 Å². The van der Waals surface area contributed by atoms with E-state index in [0.717, 1.165) is 103 Å². The van der Waals surface area contributed by atoms with Crippen LogP contribution >= 0.6 is 7.82 Å². The summed E-state index contributed by atoms with van der Waals surface area (Å²) in [5.74, 6) is -0.824. The van der Waals surface area contributed by atoms with Crippen molar-refractivity contribution in [3.8, 4) is 0 Å². The molecule has 0 radical (unpaired) electrons. The van der Waals surface area contributed by atoms with Gasteiger partial charge in [0.05, 0.1) is 13.2 Å². The zero-order valence-corrected chi connectivity index (χ0v) is 59.9. The largest absolute Gasteiger partial charge is 0.472 e. The van der Waals surface area contributed by atoms with Crippen molar-refractivity contribution in [3.63, 3.8) is 0 Å². The van der Waals surface area contributed by atoms with Gasteiger partial charge in [0.1, 0.15) is 6.61 Å². The molecule has 0 amide bonds. The first kappa shape index (κ1) is 87.4. The standard InChI is InChI=1S/C81H142NO8P/c1-3-5-7-9-11-13-15-17-19-21-23-25-27-29-31-33-35-37-39-41-43-45-47-49-51-53-55-57-59-61-63-65-67-69-71-73-80(83)87-77-79(78-89-91(85,86)88-76-75-82)90-81(84)74-72-70-68-66-64-62-60-58-56-54-52-50-48-46-44-42-40-38-36-34-32-30-28-26-24-22-20-18-16-14-12-10-8-6-4-2/h6,8,12,14-15,17-18,20-21,23-24,26,30,32,36,38,42,44,48,50,79H,3-5,7,9-11,13,16,19,22,25,27-29,31,33-35,37,39-41,43,45-47,49,51-78,82H2,1-2H3,(H,85,86)/b8-6-,14-12-,17-15-,20-18-,23-21-,26-24-,32-30-,38-36-,44-42-,50-48-. The van der Waals surface area contributed by atoms with Gasteiger partial charge in [-0.2, -0.15) is 0 Å². The summed E-state index contributed by atoms with van der Waals surface area (Å²) in [6.45, 7) is 3.65. The molecule has 0 aliphatic heterocycles. The normalized spacial score (nSPS) is 13.6. The van der Waals surface area contributed by atoms with Crippen LogP contribution in [0.5, 0.6) is 0 Å². The highest BCUT2D eigenvalue weighted by Crippen LogP contribution is 2.43. The summed E-state index contributed by atoms with van der Waals surface area (Å²) < 4.78 is 33.2.